The van der Waals surface area contributed by atoms with Gasteiger partial charge in [0.15, 0.2) is 5.69 Å². The number of aryl methyl sites for hydroxylation is 1. The van der Waals surface area contributed by atoms with Gasteiger partial charge in [0, 0.05) is 35.6 Å². The summed E-state index contributed by atoms with van der Waals surface area (Å²) in [4.78, 5) is 42.3. The lowest BCUT2D eigenvalue weighted by atomic mass is 10.1. The van der Waals surface area contributed by atoms with Crippen LogP contribution in [-0.2, 0) is 11.8 Å². The number of halogens is 1. The van der Waals surface area contributed by atoms with Crippen molar-refractivity contribution in [2.24, 2.45) is 7.05 Å². The number of nitrogens with one attached hydrogen (secondary N) is 1. The molecule has 0 fully saturated rings. The highest BCUT2D eigenvalue weighted by Gasteiger charge is 2.24. The molecular formula is C32H32ClN5O5. The van der Waals surface area contributed by atoms with E-state index in [-0.39, 0.29) is 5.69 Å². The average Bonchev–Trinajstić information content (AvgIpc) is 3.32. The molecular weight excluding hydrogens is 570 g/mol. The van der Waals surface area contributed by atoms with Gasteiger partial charge in [-0.25, -0.2) is 4.79 Å². The van der Waals surface area contributed by atoms with Gasteiger partial charge in [0.25, 0.3) is 11.5 Å². The van der Waals surface area contributed by atoms with Crippen LogP contribution >= 0.6 is 11.6 Å². The van der Waals surface area contributed by atoms with Crippen LogP contribution in [-0.4, -0.2) is 64.5 Å². The number of fused-ring (bicyclic) bond motifs is 3. The molecule has 0 bridgehead atoms. The summed E-state index contributed by atoms with van der Waals surface area (Å²) in [5.74, 6) is -0.517. The predicted molar refractivity (Wildman–Crippen MR) is 168 cm³/mol. The van der Waals surface area contributed by atoms with Crippen molar-refractivity contribution in [1.82, 2.24) is 19.2 Å². The van der Waals surface area contributed by atoms with E-state index in [4.69, 9.17) is 21.1 Å². The summed E-state index contributed by atoms with van der Waals surface area (Å²) in [5.41, 5.74) is 1.94. The van der Waals surface area contributed by atoms with Crippen molar-refractivity contribution in [3.63, 3.8) is 0 Å². The lowest BCUT2D eigenvalue weighted by molar-refractivity contribution is 0.0466. The zero-order chi connectivity index (χ0) is 30.7. The number of benzene rings is 3. The Balaban J connectivity index is 1.49. The van der Waals surface area contributed by atoms with Crippen LogP contribution in [0.25, 0.3) is 27.5 Å². The van der Waals surface area contributed by atoms with E-state index < -0.39 is 17.4 Å². The molecule has 1 N–H and O–H groups in total. The standard InChI is InChI=1S/C32H32ClN5O5/c1-5-37(6-2)17-18-43-32(41)20-11-13-21(14-12-20)34-30(39)28-27-23-9-7-8-10-25(23)36(3)29(27)31(40)38(35-28)22-15-16-26(42-4)24(33)19-22/h7-16,19H,5-6,17-18H2,1-4H3,(H,34,39). The van der Waals surface area contributed by atoms with Crippen molar-refractivity contribution in [1.29, 1.82) is 0 Å². The summed E-state index contributed by atoms with van der Waals surface area (Å²) < 4.78 is 13.6. The first-order chi connectivity index (χ1) is 20.8. The highest BCUT2D eigenvalue weighted by atomic mass is 35.5. The summed E-state index contributed by atoms with van der Waals surface area (Å²) in [6.07, 6.45) is 0. The van der Waals surface area contributed by atoms with Gasteiger partial charge in [0.1, 0.15) is 17.9 Å². The Morgan fingerprint density at radius 3 is 2.42 bits per heavy atom. The molecule has 10 nitrogen and oxygen atoms in total. The Morgan fingerprint density at radius 2 is 1.74 bits per heavy atom. The number of aromatic nitrogens is 3. The van der Waals surface area contributed by atoms with Crippen molar-refractivity contribution in [3.8, 4) is 11.4 Å². The van der Waals surface area contributed by atoms with Crippen molar-refractivity contribution in [2.75, 3.05) is 38.7 Å². The summed E-state index contributed by atoms with van der Waals surface area (Å²) in [6.45, 7) is 6.83. The normalized spacial score (nSPS) is 11.3. The van der Waals surface area contributed by atoms with Crippen molar-refractivity contribution in [3.05, 3.63) is 93.4 Å². The zero-order valence-corrected chi connectivity index (χ0v) is 25.1. The monoisotopic (exact) mass is 601 g/mol. The number of amides is 1. The molecule has 0 saturated heterocycles. The SMILES string of the molecule is CCN(CC)CCOC(=O)c1ccc(NC(=O)c2nn(-c3ccc(OC)c(Cl)c3)c(=O)c3c2c2ccccc2n3C)cc1. The molecule has 3 aromatic carbocycles. The van der Waals surface area contributed by atoms with Gasteiger partial charge in [-0.2, -0.15) is 9.78 Å². The number of hydrogen-bond donors (Lipinski definition) is 1. The topological polar surface area (TPSA) is 108 Å². The van der Waals surface area contributed by atoms with E-state index in [9.17, 15) is 14.4 Å². The highest BCUT2D eigenvalue weighted by Crippen LogP contribution is 2.30. The molecule has 0 aliphatic carbocycles. The molecule has 2 aromatic heterocycles. The van der Waals surface area contributed by atoms with Crippen molar-refractivity contribution in [2.45, 2.75) is 13.8 Å². The van der Waals surface area contributed by atoms with Gasteiger partial charge in [-0.05, 0) is 61.6 Å². The van der Waals surface area contributed by atoms with Crippen LogP contribution in [0.2, 0.25) is 5.02 Å². The molecule has 0 atom stereocenters. The molecule has 5 rings (SSSR count). The maximum Gasteiger partial charge on any atom is 0.338 e. The largest absolute Gasteiger partial charge is 0.495 e. The van der Waals surface area contributed by atoms with Crippen molar-refractivity contribution < 1.29 is 19.1 Å². The van der Waals surface area contributed by atoms with E-state index in [0.717, 1.165) is 24.0 Å². The third-order valence-electron chi connectivity index (χ3n) is 7.45. The van der Waals surface area contributed by atoms with Crippen LogP contribution in [0.3, 0.4) is 0 Å². The van der Waals surface area contributed by atoms with Gasteiger partial charge in [0.05, 0.1) is 23.4 Å². The number of nitrogens with zero attached hydrogens (tertiary/aromatic N) is 4. The van der Waals surface area contributed by atoms with Crippen molar-refractivity contribution >= 4 is 51.0 Å². The second-order valence-corrected chi connectivity index (χ2v) is 10.3. The molecule has 0 saturated carbocycles. The lowest BCUT2D eigenvalue weighted by Crippen LogP contribution is -2.28. The van der Waals surface area contributed by atoms with E-state index in [1.54, 1.807) is 54.1 Å². The number of para-hydroxylation sites is 1. The maximum atomic E-state index is 13.8. The molecule has 2 heterocycles. The first-order valence-electron chi connectivity index (χ1n) is 13.9. The van der Waals surface area contributed by atoms with E-state index in [2.05, 4.69) is 29.2 Å². The van der Waals surface area contributed by atoms with Crippen LogP contribution in [0.15, 0.2) is 71.5 Å². The van der Waals surface area contributed by atoms with Gasteiger partial charge in [-0.3, -0.25) is 9.59 Å². The second-order valence-electron chi connectivity index (χ2n) is 9.88. The fourth-order valence-corrected chi connectivity index (χ4v) is 5.32. The fourth-order valence-electron chi connectivity index (χ4n) is 5.07. The number of esters is 1. The Hall–Kier alpha value is -4.67. The van der Waals surface area contributed by atoms with Crippen LogP contribution in [0, 0.1) is 0 Å². The molecule has 0 aliphatic heterocycles. The van der Waals surface area contributed by atoms with Crippen LogP contribution in [0.5, 0.6) is 5.75 Å². The molecule has 0 aliphatic rings. The molecule has 1 amide bonds. The minimum atomic E-state index is -0.524. The highest BCUT2D eigenvalue weighted by molar-refractivity contribution is 6.32. The molecule has 0 spiro atoms. The quantitative estimate of drug-likeness (QED) is 0.217. The number of hydrogen-bond acceptors (Lipinski definition) is 7. The number of carbonyl (C=O) groups excluding carboxylic acids is 2. The third-order valence-corrected chi connectivity index (χ3v) is 7.74. The summed E-state index contributed by atoms with van der Waals surface area (Å²) in [5, 5.41) is 8.85. The van der Waals surface area contributed by atoms with E-state index in [1.807, 2.05) is 24.3 Å². The average molecular weight is 602 g/mol. The molecule has 0 unspecified atom stereocenters. The number of carbonyl (C=O) groups is 2. The minimum absolute atomic E-state index is 0.0539. The van der Waals surface area contributed by atoms with E-state index in [1.165, 1.54) is 11.8 Å². The minimum Gasteiger partial charge on any atom is -0.495 e. The van der Waals surface area contributed by atoms with Gasteiger partial charge >= 0.3 is 5.97 Å². The van der Waals surface area contributed by atoms with Crippen LogP contribution < -0.4 is 15.6 Å². The summed E-state index contributed by atoms with van der Waals surface area (Å²) in [7, 11) is 3.28. The summed E-state index contributed by atoms with van der Waals surface area (Å²) >= 11 is 6.36. The number of anilines is 1. The van der Waals surface area contributed by atoms with E-state index in [0.29, 0.717) is 51.8 Å². The van der Waals surface area contributed by atoms with Crippen LogP contribution in [0.4, 0.5) is 5.69 Å². The predicted octanol–water partition coefficient (Wildman–Crippen LogP) is 5.29. The third kappa shape index (κ3) is 5.84. The fraction of sp³-hybridized carbons (Fsp3) is 0.250. The number of ether oxygens (including phenoxy) is 2. The Labute approximate surface area is 253 Å². The lowest BCUT2D eigenvalue weighted by Gasteiger charge is -2.17. The molecule has 0 radical (unpaired) electrons. The molecule has 11 heteroatoms. The number of rotatable bonds is 10. The number of methoxy groups -OCH3 is 1. The first kappa shape index (κ1) is 29.8. The Kier molecular flexibility index (Phi) is 8.79. The van der Waals surface area contributed by atoms with Gasteiger partial charge in [0.2, 0.25) is 0 Å². The zero-order valence-electron chi connectivity index (χ0n) is 24.4. The number of likely N-dealkylation sites (N-methyl/N-ethyl adjacent to an activating group) is 1. The first-order valence-corrected chi connectivity index (χ1v) is 14.3. The maximum absolute atomic E-state index is 13.8. The van der Waals surface area contributed by atoms with Gasteiger partial charge in [-0.1, -0.05) is 43.6 Å². The Bertz CT molecular complexity index is 1880. The molecule has 5 aromatic rings. The molecule has 222 valence electrons. The van der Waals surface area contributed by atoms with E-state index >= 15 is 0 Å². The van der Waals surface area contributed by atoms with Gasteiger partial charge < -0.3 is 24.3 Å². The second kappa shape index (κ2) is 12.7. The Morgan fingerprint density at radius 1 is 1.02 bits per heavy atom. The summed E-state index contributed by atoms with van der Waals surface area (Å²) in [6, 6.07) is 18.7. The van der Waals surface area contributed by atoms with Crippen LogP contribution in [0.1, 0.15) is 34.7 Å². The smallest absolute Gasteiger partial charge is 0.338 e. The molecule has 43 heavy (non-hydrogen) atoms. The van der Waals surface area contributed by atoms with Gasteiger partial charge in [-0.15, -0.1) is 0 Å².